The van der Waals surface area contributed by atoms with Crippen molar-refractivity contribution in [3.8, 4) is 0 Å². The smallest absolute Gasteiger partial charge is 0.177 e. The van der Waals surface area contributed by atoms with Gasteiger partial charge in [0.15, 0.2) is 4.77 Å². The minimum atomic E-state index is 0.599. The molecule has 74 valence electrons. The van der Waals surface area contributed by atoms with Gasteiger partial charge in [0.2, 0.25) is 0 Å². The van der Waals surface area contributed by atoms with Crippen LogP contribution in [0.5, 0.6) is 0 Å². The fraction of sp³-hybridized carbons (Fsp3) is 0.250. The highest BCUT2D eigenvalue weighted by Gasteiger charge is 2.05. The summed E-state index contributed by atoms with van der Waals surface area (Å²) in [5.74, 6) is 0. The number of rotatable bonds is 2. The summed E-state index contributed by atoms with van der Waals surface area (Å²) in [6.45, 7) is 0.599. The van der Waals surface area contributed by atoms with Gasteiger partial charge < -0.3 is 9.55 Å². The molecule has 4 nitrogen and oxygen atoms in total. The van der Waals surface area contributed by atoms with Crippen LogP contribution in [-0.4, -0.2) is 19.3 Å². The topological polar surface area (TPSA) is 38.5 Å². The Balaban J connectivity index is 2.31. The first-order valence-electron chi connectivity index (χ1n) is 4.08. The van der Waals surface area contributed by atoms with Gasteiger partial charge in [0.1, 0.15) is 5.69 Å². The highest BCUT2D eigenvalue weighted by atomic mass is 35.5. The number of imidazole rings is 1. The lowest BCUT2D eigenvalue weighted by molar-refractivity contribution is 0.701. The molecule has 0 unspecified atom stereocenters. The Morgan fingerprint density at radius 3 is 2.93 bits per heavy atom. The molecular weight excluding hydrogens is 220 g/mol. The van der Waals surface area contributed by atoms with Crippen molar-refractivity contribution in [3.05, 3.63) is 34.1 Å². The van der Waals surface area contributed by atoms with E-state index in [9.17, 15) is 0 Å². The summed E-state index contributed by atoms with van der Waals surface area (Å²) < 4.78 is 4.24. The number of nitrogens with zero attached hydrogens (tertiary/aromatic N) is 3. The average molecular weight is 229 g/mol. The summed E-state index contributed by atoms with van der Waals surface area (Å²) in [5, 5.41) is 4.89. The molecule has 0 fully saturated rings. The van der Waals surface area contributed by atoms with E-state index in [1.54, 1.807) is 17.1 Å². The lowest BCUT2D eigenvalue weighted by atomic mass is 10.4. The van der Waals surface area contributed by atoms with Crippen LogP contribution in [0.4, 0.5) is 0 Å². The van der Waals surface area contributed by atoms with Crippen LogP contribution >= 0.6 is 23.8 Å². The van der Waals surface area contributed by atoms with Gasteiger partial charge in [-0.15, -0.1) is 0 Å². The highest BCUT2D eigenvalue weighted by molar-refractivity contribution is 7.71. The van der Waals surface area contributed by atoms with Gasteiger partial charge in [-0.2, -0.15) is 5.10 Å². The fourth-order valence-corrected chi connectivity index (χ4v) is 1.68. The maximum atomic E-state index is 5.97. The predicted octanol–water partition coefficient (Wildman–Crippen LogP) is 1.98. The first-order chi connectivity index (χ1) is 6.66. The van der Waals surface area contributed by atoms with Crippen molar-refractivity contribution in [3.63, 3.8) is 0 Å². The summed E-state index contributed by atoms with van der Waals surface area (Å²) in [7, 11) is 1.84. The molecule has 0 radical (unpaired) electrons. The second-order valence-electron chi connectivity index (χ2n) is 2.99. The average Bonchev–Trinajstić information content (AvgIpc) is 2.62. The van der Waals surface area contributed by atoms with Crippen LogP contribution in [0.3, 0.4) is 0 Å². The van der Waals surface area contributed by atoms with Crippen LogP contribution in [0.15, 0.2) is 18.6 Å². The van der Waals surface area contributed by atoms with Crippen LogP contribution in [0.2, 0.25) is 5.02 Å². The number of aryl methyl sites for hydroxylation is 1. The van der Waals surface area contributed by atoms with Crippen LogP contribution < -0.4 is 0 Å². The fourth-order valence-electron chi connectivity index (χ4n) is 1.25. The number of halogens is 1. The third-order valence-corrected chi connectivity index (χ3v) is 2.56. The summed E-state index contributed by atoms with van der Waals surface area (Å²) in [4.78, 5) is 2.92. The molecular formula is C8H9ClN4S. The molecule has 14 heavy (non-hydrogen) atoms. The van der Waals surface area contributed by atoms with Gasteiger partial charge >= 0.3 is 0 Å². The van der Waals surface area contributed by atoms with Crippen molar-refractivity contribution < 1.29 is 0 Å². The van der Waals surface area contributed by atoms with Crippen LogP contribution in [0, 0.1) is 4.77 Å². The molecule has 0 atom stereocenters. The third kappa shape index (κ3) is 1.73. The lowest BCUT2D eigenvalue weighted by Crippen LogP contribution is -2.00. The zero-order valence-corrected chi connectivity index (χ0v) is 9.14. The van der Waals surface area contributed by atoms with E-state index in [4.69, 9.17) is 23.8 Å². The second-order valence-corrected chi connectivity index (χ2v) is 3.78. The highest BCUT2D eigenvalue weighted by Crippen LogP contribution is 2.14. The molecule has 2 aromatic heterocycles. The van der Waals surface area contributed by atoms with E-state index in [1.807, 2.05) is 17.8 Å². The Hall–Kier alpha value is -1.07. The van der Waals surface area contributed by atoms with Crippen LogP contribution in [0.1, 0.15) is 5.69 Å². The van der Waals surface area contributed by atoms with Gasteiger partial charge in [0.05, 0.1) is 11.6 Å². The first-order valence-corrected chi connectivity index (χ1v) is 4.87. The van der Waals surface area contributed by atoms with Gasteiger partial charge in [0.25, 0.3) is 0 Å². The number of nitrogens with one attached hydrogen (secondary N) is 1. The third-order valence-electron chi connectivity index (χ3n) is 1.90. The number of hydrogen-bond acceptors (Lipinski definition) is 2. The van der Waals surface area contributed by atoms with E-state index in [2.05, 4.69) is 10.1 Å². The van der Waals surface area contributed by atoms with Crippen molar-refractivity contribution in [2.45, 2.75) is 6.54 Å². The zero-order chi connectivity index (χ0) is 10.1. The molecule has 0 amide bonds. The maximum Gasteiger partial charge on any atom is 0.177 e. The molecule has 2 rings (SSSR count). The van der Waals surface area contributed by atoms with Crippen LogP contribution in [0.25, 0.3) is 0 Å². The number of aromatic nitrogens is 4. The molecule has 0 aliphatic heterocycles. The molecule has 0 saturated carbocycles. The lowest BCUT2D eigenvalue weighted by Gasteiger charge is -1.98. The molecule has 0 aliphatic carbocycles. The van der Waals surface area contributed by atoms with E-state index in [0.29, 0.717) is 16.3 Å². The standard InChI is InChI=1S/C8H9ClN4S/c1-12-4-6(9)7(11-12)5-13-3-2-10-8(13)14/h2-4H,5H2,1H3,(H,10,14). The maximum absolute atomic E-state index is 5.97. The Bertz CT molecular complexity index is 495. The summed E-state index contributed by atoms with van der Waals surface area (Å²) in [6.07, 6.45) is 5.43. The molecule has 1 N–H and O–H groups in total. The van der Waals surface area contributed by atoms with E-state index in [-0.39, 0.29) is 0 Å². The van der Waals surface area contributed by atoms with Crippen molar-refractivity contribution in [1.29, 1.82) is 0 Å². The summed E-state index contributed by atoms with van der Waals surface area (Å²) in [5.41, 5.74) is 0.824. The minimum absolute atomic E-state index is 0.599. The van der Waals surface area contributed by atoms with Crippen molar-refractivity contribution >= 4 is 23.8 Å². The Kier molecular flexibility index (Phi) is 2.43. The monoisotopic (exact) mass is 228 g/mol. The number of hydrogen-bond donors (Lipinski definition) is 1. The minimum Gasteiger partial charge on any atom is -0.337 e. The van der Waals surface area contributed by atoms with E-state index in [0.717, 1.165) is 5.69 Å². The zero-order valence-electron chi connectivity index (χ0n) is 7.57. The number of H-pyrrole nitrogens is 1. The second kappa shape index (κ2) is 3.59. The van der Waals surface area contributed by atoms with Gasteiger partial charge in [-0.25, -0.2) is 0 Å². The quantitative estimate of drug-likeness (QED) is 0.799. The molecule has 0 aliphatic rings. The SMILES string of the molecule is Cn1cc(Cl)c(Cn2cc[nH]c2=S)n1. The van der Waals surface area contributed by atoms with Gasteiger partial charge in [0, 0.05) is 25.6 Å². The predicted molar refractivity (Wildman–Crippen MR) is 56.9 cm³/mol. The summed E-state index contributed by atoms with van der Waals surface area (Å²) in [6, 6.07) is 0. The Morgan fingerprint density at radius 2 is 2.43 bits per heavy atom. The summed E-state index contributed by atoms with van der Waals surface area (Å²) >= 11 is 11.0. The largest absolute Gasteiger partial charge is 0.337 e. The van der Waals surface area contributed by atoms with Gasteiger partial charge in [-0.1, -0.05) is 11.6 Å². The van der Waals surface area contributed by atoms with Crippen LogP contribution in [-0.2, 0) is 13.6 Å². The molecule has 0 spiro atoms. The van der Waals surface area contributed by atoms with Gasteiger partial charge in [-0.3, -0.25) is 4.68 Å². The van der Waals surface area contributed by atoms with E-state index < -0.39 is 0 Å². The normalized spacial score (nSPS) is 10.7. The molecule has 2 aromatic rings. The van der Waals surface area contributed by atoms with Crippen molar-refractivity contribution in [2.24, 2.45) is 7.05 Å². The molecule has 0 saturated heterocycles. The Morgan fingerprint density at radius 1 is 1.64 bits per heavy atom. The van der Waals surface area contributed by atoms with Gasteiger partial charge in [-0.05, 0) is 12.2 Å². The van der Waals surface area contributed by atoms with Crippen molar-refractivity contribution in [1.82, 2.24) is 19.3 Å². The molecule has 6 heteroatoms. The number of aromatic amines is 1. The molecule has 0 bridgehead atoms. The van der Waals surface area contributed by atoms with E-state index in [1.165, 1.54) is 0 Å². The first kappa shape index (κ1) is 9.48. The van der Waals surface area contributed by atoms with Crippen molar-refractivity contribution in [2.75, 3.05) is 0 Å². The molecule has 0 aromatic carbocycles. The van der Waals surface area contributed by atoms with E-state index >= 15 is 0 Å². The molecule has 2 heterocycles. The Labute approximate surface area is 91.1 Å².